The maximum Gasteiger partial charge on any atom is 0.248 e. The van der Waals surface area contributed by atoms with Crippen molar-refractivity contribution in [3.05, 3.63) is 69.0 Å². The van der Waals surface area contributed by atoms with Gasteiger partial charge in [-0.15, -0.1) is 11.3 Å². The first-order chi connectivity index (χ1) is 14.3. The number of nitrogens with one attached hydrogen (secondary N) is 2. The highest BCUT2D eigenvalue weighted by Gasteiger charge is 2.15. The van der Waals surface area contributed by atoms with E-state index in [0.717, 1.165) is 5.56 Å². The van der Waals surface area contributed by atoms with Crippen LogP contribution in [-0.2, 0) is 0 Å². The van der Waals surface area contributed by atoms with Crippen LogP contribution in [0.3, 0.4) is 0 Å². The van der Waals surface area contributed by atoms with Crippen LogP contribution in [0.1, 0.15) is 22.8 Å². The highest BCUT2D eigenvalue weighted by molar-refractivity contribution is 7.80. The lowest BCUT2D eigenvalue weighted by Gasteiger charge is -2.09. The minimum atomic E-state index is -0.530. The number of anilines is 1. The lowest BCUT2D eigenvalue weighted by molar-refractivity contribution is 0.100. The van der Waals surface area contributed by atoms with Crippen LogP contribution in [0.15, 0.2) is 52.9 Å². The SMILES string of the molecule is CC(=NNC(=S)Nc1cccc(C(N)=O)c1)c1csc(-c2ccc(Cl)c(Cl)c2)c1O. The van der Waals surface area contributed by atoms with Crippen molar-refractivity contribution in [3.63, 3.8) is 0 Å². The van der Waals surface area contributed by atoms with E-state index in [2.05, 4.69) is 15.8 Å². The summed E-state index contributed by atoms with van der Waals surface area (Å²) in [6.45, 7) is 1.74. The minimum Gasteiger partial charge on any atom is -0.506 e. The molecule has 0 saturated heterocycles. The van der Waals surface area contributed by atoms with E-state index >= 15 is 0 Å². The van der Waals surface area contributed by atoms with Crippen LogP contribution in [0, 0.1) is 0 Å². The summed E-state index contributed by atoms with van der Waals surface area (Å²) in [6, 6.07) is 11.8. The number of thiocarbonyl (C=S) groups is 1. The zero-order valence-corrected chi connectivity index (χ0v) is 18.7. The number of hydrogen-bond acceptors (Lipinski definition) is 5. The number of benzene rings is 2. The number of hydrogen-bond donors (Lipinski definition) is 4. The Morgan fingerprint density at radius 1 is 1.20 bits per heavy atom. The number of nitrogens with zero attached hydrogens (tertiary/aromatic N) is 1. The van der Waals surface area contributed by atoms with E-state index in [4.69, 9.17) is 41.2 Å². The molecule has 154 valence electrons. The molecule has 0 bridgehead atoms. The predicted octanol–water partition coefficient (Wildman–Crippen LogP) is 5.24. The molecule has 0 aliphatic carbocycles. The maximum atomic E-state index is 11.3. The van der Waals surface area contributed by atoms with Crippen LogP contribution in [-0.4, -0.2) is 21.8 Å². The van der Waals surface area contributed by atoms with Crippen molar-refractivity contribution < 1.29 is 9.90 Å². The minimum absolute atomic E-state index is 0.0921. The summed E-state index contributed by atoms with van der Waals surface area (Å²) in [6.07, 6.45) is 0. The molecule has 5 N–H and O–H groups in total. The van der Waals surface area contributed by atoms with Gasteiger partial charge in [-0.2, -0.15) is 5.10 Å². The predicted molar refractivity (Wildman–Crippen MR) is 128 cm³/mol. The van der Waals surface area contributed by atoms with Gasteiger partial charge in [0, 0.05) is 16.6 Å². The van der Waals surface area contributed by atoms with Crippen LogP contribution in [0.2, 0.25) is 10.0 Å². The summed E-state index contributed by atoms with van der Waals surface area (Å²) in [7, 11) is 0. The molecule has 0 aliphatic heterocycles. The fourth-order valence-corrected chi connectivity index (χ4v) is 4.02. The number of rotatable bonds is 5. The van der Waals surface area contributed by atoms with Gasteiger partial charge in [-0.1, -0.05) is 35.3 Å². The molecule has 1 heterocycles. The molecular weight excluding hydrogens is 463 g/mol. The van der Waals surface area contributed by atoms with Crippen molar-refractivity contribution in [1.29, 1.82) is 0 Å². The van der Waals surface area contributed by atoms with Crippen molar-refractivity contribution in [1.82, 2.24) is 5.43 Å². The number of amides is 1. The van der Waals surface area contributed by atoms with Crippen molar-refractivity contribution in [2.75, 3.05) is 5.32 Å². The molecule has 1 aromatic heterocycles. The van der Waals surface area contributed by atoms with E-state index in [0.29, 0.717) is 37.4 Å². The Balaban J connectivity index is 1.72. The van der Waals surface area contributed by atoms with Gasteiger partial charge in [-0.25, -0.2) is 0 Å². The molecular formula is C20H16Cl2N4O2S2. The number of carbonyl (C=O) groups is 1. The molecule has 6 nitrogen and oxygen atoms in total. The van der Waals surface area contributed by atoms with E-state index in [-0.39, 0.29) is 10.9 Å². The molecule has 10 heteroatoms. The third-order valence-electron chi connectivity index (χ3n) is 4.07. The summed E-state index contributed by atoms with van der Waals surface area (Å²) < 4.78 is 0. The van der Waals surface area contributed by atoms with Crippen LogP contribution in [0.25, 0.3) is 10.4 Å². The highest BCUT2D eigenvalue weighted by Crippen LogP contribution is 2.40. The molecule has 30 heavy (non-hydrogen) atoms. The van der Waals surface area contributed by atoms with E-state index in [1.165, 1.54) is 11.3 Å². The van der Waals surface area contributed by atoms with Gasteiger partial charge in [0.15, 0.2) is 5.11 Å². The Labute approximate surface area is 192 Å². The maximum absolute atomic E-state index is 11.3. The zero-order valence-electron chi connectivity index (χ0n) is 15.6. The summed E-state index contributed by atoms with van der Waals surface area (Å²) in [5, 5.41) is 20.6. The molecule has 3 rings (SSSR count). The van der Waals surface area contributed by atoms with E-state index in [1.54, 1.807) is 54.8 Å². The molecule has 2 aromatic carbocycles. The monoisotopic (exact) mass is 478 g/mol. The summed E-state index contributed by atoms with van der Waals surface area (Å²) in [5.74, 6) is -0.438. The van der Waals surface area contributed by atoms with Crippen LogP contribution in [0.4, 0.5) is 5.69 Å². The summed E-state index contributed by atoms with van der Waals surface area (Å²) in [4.78, 5) is 11.9. The number of primary amides is 1. The van der Waals surface area contributed by atoms with Gasteiger partial charge in [0.1, 0.15) is 5.75 Å². The lowest BCUT2D eigenvalue weighted by Crippen LogP contribution is -2.25. The first kappa shape index (κ1) is 22.0. The molecule has 0 fully saturated rings. The molecule has 0 saturated carbocycles. The number of hydrazone groups is 1. The Morgan fingerprint density at radius 3 is 2.67 bits per heavy atom. The smallest absolute Gasteiger partial charge is 0.248 e. The highest BCUT2D eigenvalue weighted by atomic mass is 35.5. The van der Waals surface area contributed by atoms with Gasteiger partial charge in [-0.05, 0) is 55.0 Å². The first-order valence-corrected chi connectivity index (χ1v) is 10.6. The largest absolute Gasteiger partial charge is 0.506 e. The molecule has 0 atom stereocenters. The summed E-state index contributed by atoms with van der Waals surface area (Å²) in [5.41, 5.74) is 10.8. The Morgan fingerprint density at radius 2 is 1.97 bits per heavy atom. The second-order valence-electron chi connectivity index (χ2n) is 6.16. The van der Waals surface area contributed by atoms with Crippen LogP contribution in [0.5, 0.6) is 5.75 Å². The normalized spacial score (nSPS) is 11.2. The fraction of sp³-hybridized carbons (Fsp3) is 0.0500. The van der Waals surface area contributed by atoms with Crippen molar-refractivity contribution >= 4 is 69.2 Å². The summed E-state index contributed by atoms with van der Waals surface area (Å²) >= 11 is 18.6. The average molecular weight is 479 g/mol. The van der Waals surface area contributed by atoms with Crippen molar-refractivity contribution in [3.8, 4) is 16.2 Å². The fourth-order valence-electron chi connectivity index (χ4n) is 2.55. The zero-order chi connectivity index (χ0) is 21.8. The molecule has 3 aromatic rings. The molecule has 0 radical (unpaired) electrons. The van der Waals surface area contributed by atoms with Gasteiger partial charge < -0.3 is 16.2 Å². The van der Waals surface area contributed by atoms with E-state index in [1.807, 2.05) is 0 Å². The quantitative estimate of drug-likeness (QED) is 0.228. The number of thiophene rings is 1. The van der Waals surface area contributed by atoms with Gasteiger partial charge >= 0.3 is 0 Å². The van der Waals surface area contributed by atoms with Crippen LogP contribution >= 0.6 is 46.8 Å². The van der Waals surface area contributed by atoms with Crippen molar-refractivity contribution in [2.45, 2.75) is 6.92 Å². The standard InChI is InChI=1S/C20H16Cl2N4O2S2/c1-10(25-26-20(29)24-13-4-2-3-12(7-13)19(23)28)14-9-30-18(17(14)27)11-5-6-15(21)16(22)8-11/h2-9,27H,1H3,(H2,23,28)(H2,24,26,29). The number of halogens is 2. The van der Waals surface area contributed by atoms with Gasteiger partial charge in [0.2, 0.25) is 5.91 Å². The lowest BCUT2D eigenvalue weighted by atomic mass is 10.1. The second-order valence-corrected chi connectivity index (χ2v) is 8.27. The Kier molecular flexibility index (Phi) is 6.94. The van der Waals surface area contributed by atoms with E-state index in [9.17, 15) is 9.90 Å². The van der Waals surface area contributed by atoms with Gasteiger partial charge in [0.05, 0.1) is 26.2 Å². The van der Waals surface area contributed by atoms with Gasteiger partial charge in [-0.3, -0.25) is 10.2 Å². The average Bonchev–Trinajstić information content (AvgIpc) is 3.10. The third kappa shape index (κ3) is 5.09. The Hall–Kier alpha value is -2.65. The first-order valence-electron chi connectivity index (χ1n) is 8.53. The van der Waals surface area contributed by atoms with Gasteiger partial charge in [0.25, 0.3) is 0 Å². The van der Waals surface area contributed by atoms with Crippen molar-refractivity contribution in [2.24, 2.45) is 10.8 Å². The molecule has 0 aliphatic rings. The molecule has 1 amide bonds. The number of aromatic hydroxyl groups is 1. The van der Waals surface area contributed by atoms with E-state index < -0.39 is 5.91 Å². The Bertz CT molecular complexity index is 1160. The topological polar surface area (TPSA) is 99.7 Å². The molecule has 0 unspecified atom stereocenters. The van der Waals surface area contributed by atoms with Crippen LogP contribution < -0.4 is 16.5 Å². The third-order valence-corrected chi connectivity index (χ3v) is 6.02. The molecule has 0 spiro atoms. The number of nitrogens with two attached hydrogens (primary N) is 1. The second kappa shape index (κ2) is 9.44. The number of carbonyl (C=O) groups excluding carboxylic acids is 1.